The Morgan fingerprint density at radius 2 is 1.94 bits per heavy atom. The summed E-state index contributed by atoms with van der Waals surface area (Å²) in [6.07, 6.45) is 2.61. The Morgan fingerprint density at radius 1 is 1.16 bits per heavy atom. The number of carbonyl (C=O) groups excluding carboxylic acids is 2. The molecular weight excluding hydrogens is 433 g/mol. The molecule has 0 spiro atoms. The zero-order valence-electron chi connectivity index (χ0n) is 18.0. The van der Waals surface area contributed by atoms with Crippen molar-refractivity contribution in [2.75, 3.05) is 18.4 Å². The lowest BCUT2D eigenvalue weighted by atomic mass is 9.96. The average Bonchev–Trinajstić information content (AvgIpc) is 2.76. The molecule has 0 bridgehead atoms. The minimum Gasteiger partial charge on any atom is -0.350 e. The predicted molar refractivity (Wildman–Crippen MR) is 127 cm³/mol. The number of anilines is 1. The van der Waals surface area contributed by atoms with Crippen molar-refractivity contribution in [2.45, 2.75) is 45.7 Å². The Morgan fingerprint density at radius 3 is 2.68 bits per heavy atom. The molecule has 2 atom stereocenters. The fraction of sp³-hybridized carbons (Fsp3) is 0.417. The Balaban J connectivity index is 1.64. The minimum absolute atomic E-state index is 0.0531. The highest BCUT2D eigenvalue weighted by Crippen LogP contribution is 2.26. The first-order chi connectivity index (χ1) is 14.9. The summed E-state index contributed by atoms with van der Waals surface area (Å²) in [6, 6.07) is 12.9. The van der Waals surface area contributed by atoms with E-state index in [4.69, 9.17) is 23.2 Å². The van der Waals surface area contributed by atoms with Crippen LogP contribution in [0, 0.1) is 5.92 Å². The number of likely N-dealkylation sites (tertiary alicyclic amines) is 1. The summed E-state index contributed by atoms with van der Waals surface area (Å²) in [4.78, 5) is 27.9. The normalized spacial score (nSPS) is 17.7. The second-order valence-electron chi connectivity index (χ2n) is 8.14. The topological polar surface area (TPSA) is 61.4 Å². The molecule has 2 amide bonds. The van der Waals surface area contributed by atoms with Crippen LogP contribution in [0.3, 0.4) is 0 Å². The molecule has 7 heteroatoms. The van der Waals surface area contributed by atoms with Crippen LogP contribution in [-0.2, 0) is 11.3 Å². The van der Waals surface area contributed by atoms with Crippen molar-refractivity contribution in [2.24, 2.45) is 5.92 Å². The van der Waals surface area contributed by atoms with Gasteiger partial charge in [-0.2, -0.15) is 0 Å². The number of piperidine rings is 1. The summed E-state index contributed by atoms with van der Waals surface area (Å²) in [5.74, 6) is -0.361. The van der Waals surface area contributed by atoms with Gasteiger partial charge in [-0.15, -0.1) is 0 Å². The van der Waals surface area contributed by atoms with E-state index in [1.807, 2.05) is 32.0 Å². The van der Waals surface area contributed by atoms with Gasteiger partial charge in [-0.1, -0.05) is 48.3 Å². The Hall–Kier alpha value is -2.08. The molecule has 2 N–H and O–H groups in total. The van der Waals surface area contributed by atoms with Gasteiger partial charge in [0.05, 0.1) is 27.2 Å². The molecule has 1 saturated heterocycles. The van der Waals surface area contributed by atoms with Crippen molar-refractivity contribution in [1.29, 1.82) is 0 Å². The fourth-order valence-corrected chi connectivity index (χ4v) is 4.06. The first-order valence-corrected chi connectivity index (χ1v) is 11.5. The third kappa shape index (κ3) is 6.45. The van der Waals surface area contributed by atoms with Crippen LogP contribution in [0.15, 0.2) is 42.5 Å². The van der Waals surface area contributed by atoms with E-state index in [0.29, 0.717) is 34.4 Å². The molecule has 2 aromatic carbocycles. The van der Waals surface area contributed by atoms with Crippen LogP contribution in [0.4, 0.5) is 5.69 Å². The van der Waals surface area contributed by atoms with Crippen LogP contribution >= 0.6 is 23.2 Å². The lowest BCUT2D eigenvalue weighted by molar-refractivity contribution is -0.121. The van der Waals surface area contributed by atoms with E-state index in [2.05, 4.69) is 15.5 Å². The van der Waals surface area contributed by atoms with Gasteiger partial charge in [-0.05, 0) is 62.6 Å². The maximum Gasteiger partial charge on any atom is 0.253 e. The van der Waals surface area contributed by atoms with Gasteiger partial charge in [0, 0.05) is 19.1 Å². The highest BCUT2D eigenvalue weighted by molar-refractivity contribution is 6.42. The van der Waals surface area contributed by atoms with Crippen molar-refractivity contribution in [3.8, 4) is 0 Å². The molecule has 0 radical (unpaired) electrons. The molecule has 0 saturated carbocycles. The van der Waals surface area contributed by atoms with E-state index in [9.17, 15) is 9.59 Å². The summed E-state index contributed by atoms with van der Waals surface area (Å²) >= 11 is 12.1. The quantitative estimate of drug-likeness (QED) is 0.582. The summed E-state index contributed by atoms with van der Waals surface area (Å²) < 4.78 is 0. The van der Waals surface area contributed by atoms with Gasteiger partial charge in [0.1, 0.15) is 0 Å². The lowest BCUT2D eigenvalue weighted by Gasteiger charge is -2.32. The van der Waals surface area contributed by atoms with Crippen LogP contribution < -0.4 is 10.6 Å². The van der Waals surface area contributed by atoms with Crippen molar-refractivity contribution >= 4 is 40.7 Å². The molecule has 1 aliphatic heterocycles. The molecular formula is C24H29Cl2N3O2. The summed E-state index contributed by atoms with van der Waals surface area (Å²) in [5.41, 5.74) is 2.11. The molecule has 1 aliphatic rings. The maximum absolute atomic E-state index is 13.0. The molecule has 2 unspecified atom stereocenters. The summed E-state index contributed by atoms with van der Waals surface area (Å²) in [6.45, 7) is 6.29. The van der Waals surface area contributed by atoms with Crippen molar-refractivity contribution in [3.05, 3.63) is 63.6 Å². The van der Waals surface area contributed by atoms with Gasteiger partial charge >= 0.3 is 0 Å². The van der Waals surface area contributed by atoms with E-state index >= 15 is 0 Å². The van der Waals surface area contributed by atoms with Crippen LogP contribution in [0.5, 0.6) is 0 Å². The smallest absolute Gasteiger partial charge is 0.253 e. The van der Waals surface area contributed by atoms with E-state index in [-0.39, 0.29) is 23.8 Å². The van der Waals surface area contributed by atoms with Gasteiger partial charge in [-0.3, -0.25) is 14.5 Å². The second-order valence-corrected chi connectivity index (χ2v) is 8.95. The number of para-hydroxylation sites is 1. The number of halogens is 2. The molecule has 1 fully saturated rings. The van der Waals surface area contributed by atoms with Gasteiger partial charge in [0.15, 0.2) is 0 Å². The number of hydrogen-bond donors (Lipinski definition) is 2. The molecule has 1 heterocycles. The van der Waals surface area contributed by atoms with E-state index in [0.717, 1.165) is 31.4 Å². The van der Waals surface area contributed by atoms with E-state index in [1.54, 1.807) is 24.3 Å². The minimum atomic E-state index is -0.171. The highest BCUT2D eigenvalue weighted by Gasteiger charge is 2.27. The predicted octanol–water partition coefficient (Wildman–Crippen LogP) is 5.37. The number of rotatable bonds is 7. The largest absolute Gasteiger partial charge is 0.350 e. The van der Waals surface area contributed by atoms with E-state index < -0.39 is 0 Å². The number of amides is 2. The zero-order chi connectivity index (χ0) is 22.4. The van der Waals surface area contributed by atoms with Crippen LogP contribution in [0.1, 0.15) is 49.0 Å². The SMILES string of the molecule is CCC(C)NC(=O)c1ccccc1NC(=O)C1CCCN(Cc2ccc(Cl)c(Cl)c2)C1. The average molecular weight is 462 g/mol. The molecule has 3 rings (SSSR count). The summed E-state index contributed by atoms with van der Waals surface area (Å²) in [7, 11) is 0. The Bertz CT molecular complexity index is 935. The van der Waals surface area contributed by atoms with Crippen LogP contribution in [-0.4, -0.2) is 35.8 Å². The molecule has 5 nitrogen and oxygen atoms in total. The first-order valence-electron chi connectivity index (χ1n) is 10.7. The molecule has 0 aliphatic carbocycles. The van der Waals surface area contributed by atoms with Crippen molar-refractivity contribution in [3.63, 3.8) is 0 Å². The molecule has 31 heavy (non-hydrogen) atoms. The third-order valence-corrected chi connectivity index (χ3v) is 6.42. The van der Waals surface area contributed by atoms with Gasteiger partial charge in [-0.25, -0.2) is 0 Å². The molecule has 0 aromatic heterocycles. The van der Waals surface area contributed by atoms with Gasteiger partial charge in [0.2, 0.25) is 5.91 Å². The van der Waals surface area contributed by atoms with Crippen molar-refractivity contribution in [1.82, 2.24) is 10.2 Å². The zero-order valence-corrected chi connectivity index (χ0v) is 19.5. The number of hydrogen-bond acceptors (Lipinski definition) is 3. The maximum atomic E-state index is 13.0. The summed E-state index contributed by atoms with van der Waals surface area (Å²) in [5, 5.41) is 7.03. The second kappa shape index (κ2) is 11.0. The molecule has 2 aromatic rings. The van der Waals surface area contributed by atoms with Crippen molar-refractivity contribution < 1.29 is 9.59 Å². The number of benzene rings is 2. The Kier molecular flexibility index (Phi) is 8.35. The Labute approximate surface area is 194 Å². The number of nitrogens with zero attached hydrogens (tertiary/aromatic N) is 1. The fourth-order valence-electron chi connectivity index (χ4n) is 3.74. The third-order valence-electron chi connectivity index (χ3n) is 5.69. The lowest BCUT2D eigenvalue weighted by Crippen LogP contribution is -2.40. The van der Waals surface area contributed by atoms with Crippen LogP contribution in [0.25, 0.3) is 0 Å². The number of carbonyl (C=O) groups is 2. The molecule has 166 valence electrons. The van der Waals surface area contributed by atoms with Crippen LogP contribution in [0.2, 0.25) is 10.0 Å². The monoisotopic (exact) mass is 461 g/mol. The van der Waals surface area contributed by atoms with Gasteiger partial charge < -0.3 is 10.6 Å². The standard InChI is InChI=1S/C24H29Cl2N3O2/c1-3-16(2)27-24(31)19-8-4-5-9-22(19)28-23(30)18-7-6-12-29(15-18)14-17-10-11-20(25)21(26)13-17/h4-5,8-11,13,16,18H,3,6-7,12,14-15H2,1-2H3,(H,27,31)(H,28,30). The van der Waals surface area contributed by atoms with Gasteiger partial charge in [0.25, 0.3) is 5.91 Å². The first kappa shape index (κ1) is 23.6. The highest BCUT2D eigenvalue weighted by atomic mass is 35.5. The number of nitrogens with one attached hydrogen (secondary N) is 2. The van der Waals surface area contributed by atoms with E-state index in [1.165, 1.54) is 0 Å².